The van der Waals surface area contributed by atoms with Gasteiger partial charge in [0.25, 0.3) is 0 Å². The Morgan fingerprint density at radius 3 is 2.57 bits per heavy atom. The van der Waals surface area contributed by atoms with E-state index in [1.807, 2.05) is 12.1 Å². The van der Waals surface area contributed by atoms with Gasteiger partial charge >= 0.3 is 0 Å². The van der Waals surface area contributed by atoms with E-state index in [1.165, 1.54) is 24.0 Å². The zero-order chi connectivity index (χ0) is 10.3. The molecule has 76 valence electrons. The van der Waals surface area contributed by atoms with Crippen LogP contribution in [0.5, 0.6) is 0 Å². The van der Waals surface area contributed by atoms with Crippen molar-refractivity contribution in [1.29, 1.82) is 0 Å². The summed E-state index contributed by atoms with van der Waals surface area (Å²) in [4.78, 5) is 0. The molecule has 1 aromatic rings. The van der Waals surface area contributed by atoms with Crippen LogP contribution in [0.2, 0.25) is 5.02 Å². The maximum atomic E-state index is 6.11. The molecule has 0 aliphatic heterocycles. The highest BCUT2D eigenvalue weighted by Crippen LogP contribution is 2.51. The second-order valence-electron chi connectivity index (χ2n) is 4.36. The molecule has 0 spiro atoms. The predicted molar refractivity (Wildman–Crippen MR) is 60.8 cm³/mol. The van der Waals surface area contributed by atoms with Crippen LogP contribution in [0.25, 0.3) is 0 Å². The third kappa shape index (κ3) is 1.35. The standard InChI is InChI=1S/C12H16ClN/c1-8-10(4-3-5-11(8)13)12(6-7-12)9(2)14/h3-5,9H,6-7,14H2,1-2H3. The van der Waals surface area contributed by atoms with Crippen molar-refractivity contribution >= 4 is 11.6 Å². The summed E-state index contributed by atoms with van der Waals surface area (Å²) in [5.41, 5.74) is 8.80. The van der Waals surface area contributed by atoms with Crippen LogP contribution >= 0.6 is 11.6 Å². The summed E-state index contributed by atoms with van der Waals surface area (Å²) in [6.07, 6.45) is 2.40. The van der Waals surface area contributed by atoms with Crippen LogP contribution in [-0.2, 0) is 5.41 Å². The summed E-state index contributed by atoms with van der Waals surface area (Å²) in [6, 6.07) is 6.35. The van der Waals surface area contributed by atoms with Crippen molar-refractivity contribution in [3.05, 3.63) is 34.3 Å². The first-order chi connectivity index (χ1) is 6.58. The van der Waals surface area contributed by atoms with Crippen LogP contribution < -0.4 is 5.73 Å². The van der Waals surface area contributed by atoms with Crippen LogP contribution in [0, 0.1) is 6.92 Å². The van der Waals surface area contributed by atoms with Gasteiger partial charge in [0.1, 0.15) is 0 Å². The highest BCUT2D eigenvalue weighted by molar-refractivity contribution is 6.31. The molecule has 0 saturated heterocycles. The molecular weight excluding hydrogens is 194 g/mol. The third-order valence-electron chi connectivity index (χ3n) is 3.46. The van der Waals surface area contributed by atoms with Crippen LogP contribution in [0.1, 0.15) is 30.9 Å². The first-order valence-electron chi connectivity index (χ1n) is 5.09. The fourth-order valence-corrected chi connectivity index (χ4v) is 2.43. The number of hydrogen-bond acceptors (Lipinski definition) is 1. The molecular formula is C12H16ClN. The number of rotatable bonds is 2. The van der Waals surface area contributed by atoms with Gasteiger partial charge < -0.3 is 5.73 Å². The van der Waals surface area contributed by atoms with Crippen molar-refractivity contribution in [2.24, 2.45) is 5.73 Å². The average Bonchev–Trinajstić information content (AvgIpc) is 2.90. The van der Waals surface area contributed by atoms with Gasteiger partial charge in [0.05, 0.1) is 0 Å². The minimum Gasteiger partial charge on any atom is -0.327 e. The molecule has 1 saturated carbocycles. The van der Waals surface area contributed by atoms with Gasteiger partial charge in [-0.2, -0.15) is 0 Å². The summed E-state index contributed by atoms with van der Waals surface area (Å²) in [5.74, 6) is 0. The Labute approximate surface area is 90.3 Å². The van der Waals surface area contributed by atoms with Crippen LogP contribution in [0.15, 0.2) is 18.2 Å². The number of hydrogen-bond donors (Lipinski definition) is 1. The summed E-state index contributed by atoms with van der Waals surface area (Å²) >= 11 is 6.11. The summed E-state index contributed by atoms with van der Waals surface area (Å²) in [6.45, 7) is 4.17. The smallest absolute Gasteiger partial charge is 0.0438 e. The van der Waals surface area contributed by atoms with E-state index in [2.05, 4.69) is 19.9 Å². The van der Waals surface area contributed by atoms with Crippen molar-refractivity contribution in [1.82, 2.24) is 0 Å². The fraction of sp³-hybridized carbons (Fsp3) is 0.500. The Kier molecular flexibility index (Phi) is 2.32. The van der Waals surface area contributed by atoms with Gasteiger partial charge in [-0.25, -0.2) is 0 Å². The van der Waals surface area contributed by atoms with Gasteiger partial charge in [0, 0.05) is 16.5 Å². The molecule has 0 bridgehead atoms. The topological polar surface area (TPSA) is 26.0 Å². The molecule has 1 nitrogen and oxygen atoms in total. The van der Waals surface area contributed by atoms with E-state index >= 15 is 0 Å². The molecule has 0 aromatic heterocycles. The van der Waals surface area contributed by atoms with E-state index < -0.39 is 0 Å². The Balaban J connectivity index is 2.47. The lowest BCUT2D eigenvalue weighted by Gasteiger charge is -2.22. The Morgan fingerprint density at radius 1 is 1.43 bits per heavy atom. The van der Waals surface area contributed by atoms with E-state index in [1.54, 1.807) is 0 Å². The highest BCUT2D eigenvalue weighted by Gasteiger charge is 2.48. The molecule has 1 aliphatic carbocycles. The average molecular weight is 210 g/mol. The lowest BCUT2D eigenvalue weighted by atomic mass is 9.86. The van der Waals surface area contributed by atoms with Crippen molar-refractivity contribution in [3.63, 3.8) is 0 Å². The summed E-state index contributed by atoms with van der Waals surface area (Å²) in [5, 5.41) is 0.856. The first-order valence-corrected chi connectivity index (χ1v) is 5.47. The second kappa shape index (κ2) is 3.25. The molecule has 2 heteroatoms. The molecule has 1 atom stereocenters. The molecule has 0 heterocycles. The van der Waals surface area contributed by atoms with Crippen molar-refractivity contribution in [2.75, 3.05) is 0 Å². The normalized spacial score (nSPS) is 20.6. The van der Waals surface area contributed by atoms with Crippen LogP contribution in [0.4, 0.5) is 0 Å². The summed E-state index contributed by atoms with van der Waals surface area (Å²) < 4.78 is 0. The highest BCUT2D eigenvalue weighted by atomic mass is 35.5. The van der Waals surface area contributed by atoms with E-state index in [9.17, 15) is 0 Å². The van der Waals surface area contributed by atoms with Crippen molar-refractivity contribution < 1.29 is 0 Å². The van der Waals surface area contributed by atoms with Gasteiger partial charge in [0.2, 0.25) is 0 Å². The monoisotopic (exact) mass is 209 g/mol. The van der Waals surface area contributed by atoms with Gasteiger partial charge in [-0.05, 0) is 43.9 Å². The largest absolute Gasteiger partial charge is 0.327 e. The van der Waals surface area contributed by atoms with Crippen LogP contribution in [-0.4, -0.2) is 6.04 Å². The van der Waals surface area contributed by atoms with E-state index in [0.717, 1.165) is 5.02 Å². The van der Waals surface area contributed by atoms with E-state index in [0.29, 0.717) is 0 Å². The molecule has 0 radical (unpaired) electrons. The number of benzene rings is 1. The van der Waals surface area contributed by atoms with Gasteiger partial charge in [-0.1, -0.05) is 23.7 Å². The lowest BCUT2D eigenvalue weighted by Crippen LogP contribution is -2.32. The zero-order valence-corrected chi connectivity index (χ0v) is 9.43. The Morgan fingerprint density at radius 2 is 2.07 bits per heavy atom. The van der Waals surface area contributed by atoms with E-state index in [-0.39, 0.29) is 11.5 Å². The SMILES string of the molecule is Cc1c(Cl)cccc1C1(C(C)N)CC1. The minimum atomic E-state index is 0.217. The molecule has 1 fully saturated rings. The zero-order valence-electron chi connectivity index (χ0n) is 8.68. The lowest BCUT2D eigenvalue weighted by molar-refractivity contribution is 0.554. The Hall–Kier alpha value is -0.530. The molecule has 1 unspecified atom stereocenters. The third-order valence-corrected chi connectivity index (χ3v) is 3.87. The maximum absolute atomic E-state index is 6.11. The molecule has 1 aliphatic rings. The van der Waals surface area contributed by atoms with Crippen LogP contribution in [0.3, 0.4) is 0 Å². The predicted octanol–water partition coefficient (Wildman–Crippen LogP) is 3.03. The Bertz CT molecular complexity index is 353. The molecule has 2 rings (SSSR count). The van der Waals surface area contributed by atoms with Gasteiger partial charge in [-0.15, -0.1) is 0 Å². The summed E-state index contributed by atoms with van der Waals surface area (Å²) in [7, 11) is 0. The van der Waals surface area contributed by atoms with Gasteiger partial charge in [0.15, 0.2) is 0 Å². The first kappa shape index (κ1) is 10.0. The number of halogens is 1. The maximum Gasteiger partial charge on any atom is 0.0438 e. The molecule has 0 amide bonds. The van der Waals surface area contributed by atoms with Crippen molar-refractivity contribution in [3.8, 4) is 0 Å². The minimum absolute atomic E-state index is 0.217. The number of nitrogens with two attached hydrogens (primary N) is 1. The molecule has 2 N–H and O–H groups in total. The molecule has 1 aromatic carbocycles. The molecule has 14 heavy (non-hydrogen) atoms. The second-order valence-corrected chi connectivity index (χ2v) is 4.76. The van der Waals surface area contributed by atoms with E-state index in [4.69, 9.17) is 17.3 Å². The van der Waals surface area contributed by atoms with Gasteiger partial charge in [-0.3, -0.25) is 0 Å². The van der Waals surface area contributed by atoms with Crippen molar-refractivity contribution in [2.45, 2.75) is 38.1 Å². The fourth-order valence-electron chi connectivity index (χ4n) is 2.25. The quantitative estimate of drug-likeness (QED) is 0.796.